The van der Waals surface area contributed by atoms with Gasteiger partial charge in [0, 0.05) is 11.8 Å². The third-order valence-electron chi connectivity index (χ3n) is 4.72. The number of rotatable bonds is 4. The second kappa shape index (κ2) is 9.13. The predicted molar refractivity (Wildman–Crippen MR) is 112 cm³/mol. The Hall–Kier alpha value is -1.94. The predicted octanol–water partition coefficient (Wildman–Crippen LogP) is 4.93. The van der Waals surface area contributed by atoms with E-state index in [0.717, 1.165) is 41.5 Å². The lowest BCUT2D eigenvalue weighted by molar-refractivity contribution is 0.0960. The lowest BCUT2D eigenvalue weighted by Gasteiger charge is -2.11. The molecule has 1 atom stereocenters. The molecule has 1 fully saturated rings. The number of nitrogens with zero attached hydrogens (tertiary/aromatic N) is 1. The zero-order chi connectivity index (χ0) is 16.4. The summed E-state index contributed by atoms with van der Waals surface area (Å²) >= 11 is 0. The van der Waals surface area contributed by atoms with Crippen LogP contribution in [0, 0.1) is 5.92 Å². The molecule has 1 N–H and O–H groups in total. The first kappa shape index (κ1) is 20.4. The molecule has 3 aromatic rings. The van der Waals surface area contributed by atoms with Crippen molar-refractivity contribution in [2.24, 2.45) is 5.92 Å². The van der Waals surface area contributed by atoms with E-state index in [1.807, 2.05) is 42.5 Å². The Morgan fingerprint density at radius 1 is 1.04 bits per heavy atom. The van der Waals surface area contributed by atoms with Gasteiger partial charge in [-0.25, -0.2) is 4.98 Å². The van der Waals surface area contributed by atoms with Crippen LogP contribution in [0.25, 0.3) is 22.0 Å². The average molecular weight is 389 g/mol. The van der Waals surface area contributed by atoms with Crippen LogP contribution in [0.5, 0.6) is 0 Å². The summed E-state index contributed by atoms with van der Waals surface area (Å²) in [6.07, 6.45) is 1.65. The molecule has 1 saturated heterocycles. The number of carbonyl (C=O) groups is 1. The molecular weight excluding hydrogens is 367 g/mol. The number of fused-ring (bicyclic) bond motifs is 1. The second-order valence-electron chi connectivity index (χ2n) is 6.42. The van der Waals surface area contributed by atoms with Gasteiger partial charge in [0.15, 0.2) is 5.78 Å². The van der Waals surface area contributed by atoms with Gasteiger partial charge in [0.1, 0.15) is 5.69 Å². The second-order valence-corrected chi connectivity index (χ2v) is 6.42. The van der Waals surface area contributed by atoms with Crippen molar-refractivity contribution in [1.82, 2.24) is 10.3 Å². The summed E-state index contributed by atoms with van der Waals surface area (Å²) in [6, 6.07) is 20.2. The highest BCUT2D eigenvalue weighted by molar-refractivity contribution is 6.02. The van der Waals surface area contributed by atoms with Crippen molar-refractivity contribution in [1.29, 1.82) is 0 Å². The first-order valence-corrected chi connectivity index (χ1v) is 8.50. The lowest BCUT2D eigenvalue weighted by atomic mass is 9.96. The number of halogens is 2. The molecule has 1 unspecified atom stereocenters. The molecule has 2 heterocycles. The molecule has 0 spiro atoms. The van der Waals surface area contributed by atoms with Gasteiger partial charge in [-0.15, -0.1) is 24.8 Å². The summed E-state index contributed by atoms with van der Waals surface area (Å²) in [5.74, 6) is 0.581. The van der Waals surface area contributed by atoms with Gasteiger partial charge in [0.05, 0.1) is 5.52 Å². The van der Waals surface area contributed by atoms with E-state index in [1.165, 1.54) is 0 Å². The van der Waals surface area contributed by atoms with Crippen molar-refractivity contribution < 1.29 is 4.79 Å². The number of ketones is 1. The van der Waals surface area contributed by atoms with Crippen LogP contribution in [0.3, 0.4) is 0 Å². The van der Waals surface area contributed by atoms with Gasteiger partial charge in [-0.2, -0.15) is 0 Å². The smallest absolute Gasteiger partial charge is 0.181 e. The molecule has 26 heavy (non-hydrogen) atoms. The molecule has 5 heteroatoms. The van der Waals surface area contributed by atoms with Crippen LogP contribution in [-0.4, -0.2) is 23.9 Å². The topological polar surface area (TPSA) is 42.0 Å². The maximum absolute atomic E-state index is 12.7. The Bertz CT molecular complexity index is 878. The van der Waals surface area contributed by atoms with E-state index in [9.17, 15) is 4.79 Å². The van der Waals surface area contributed by atoms with E-state index in [-0.39, 0.29) is 30.6 Å². The minimum absolute atomic E-state index is 0. The molecule has 0 aliphatic carbocycles. The SMILES string of the molecule is Cl.Cl.O=C(CC1CCNC1)c1cc(-c2ccccc2)c2ccccc2n1. The Morgan fingerprint density at radius 3 is 2.50 bits per heavy atom. The number of para-hydroxylation sites is 1. The molecule has 0 radical (unpaired) electrons. The van der Waals surface area contributed by atoms with Gasteiger partial charge in [0.25, 0.3) is 0 Å². The number of benzene rings is 2. The van der Waals surface area contributed by atoms with Gasteiger partial charge in [-0.05, 0) is 48.7 Å². The number of Topliss-reactive ketones (excluding diaryl/α,β-unsaturated/α-hetero) is 1. The van der Waals surface area contributed by atoms with Crippen LogP contribution in [0.2, 0.25) is 0 Å². The van der Waals surface area contributed by atoms with Crippen molar-refractivity contribution in [3.63, 3.8) is 0 Å². The average Bonchev–Trinajstić information content (AvgIpc) is 3.14. The Morgan fingerprint density at radius 2 is 1.77 bits per heavy atom. The number of pyridine rings is 1. The van der Waals surface area contributed by atoms with Gasteiger partial charge in [-0.1, -0.05) is 48.5 Å². The number of hydrogen-bond donors (Lipinski definition) is 1. The third-order valence-corrected chi connectivity index (χ3v) is 4.72. The zero-order valence-electron chi connectivity index (χ0n) is 14.4. The van der Waals surface area contributed by atoms with Crippen LogP contribution in [-0.2, 0) is 0 Å². The molecule has 1 aromatic heterocycles. The summed E-state index contributed by atoms with van der Waals surface area (Å²) in [5.41, 5.74) is 3.66. The van der Waals surface area contributed by atoms with Gasteiger partial charge < -0.3 is 5.32 Å². The fraction of sp³-hybridized carbons (Fsp3) is 0.238. The van der Waals surface area contributed by atoms with E-state index in [2.05, 4.69) is 28.5 Å². The molecule has 2 aromatic carbocycles. The maximum atomic E-state index is 12.7. The van der Waals surface area contributed by atoms with Crippen LogP contribution in [0.1, 0.15) is 23.3 Å². The molecule has 0 bridgehead atoms. The van der Waals surface area contributed by atoms with Gasteiger partial charge >= 0.3 is 0 Å². The molecule has 0 saturated carbocycles. The standard InChI is InChI=1S/C21H20N2O.2ClH/c24-21(12-15-10-11-22-14-15)20-13-18(16-6-2-1-3-7-16)17-8-4-5-9-19(17)23-20;;/h1-9,13,15,22H,10-12,14H2;2*1H. The molecule has 1 aliphatic heterocycles. The third kappa shape index (κ3) is 4.24. The van der Waals surface area contributed by atoms with Gasteiger partial charge in [0.2, 0.25) is 0 Å². The fourth-order valence-corrected chi connectivity index (χ4v) is 3.43. The molecule has 1 aliphatic rings. The molecule has 4 rings (SSSR count). The van der Waals surface area contributed by atoms with Crippen LogP contribution >= 0.6 is 24.8 Å². The minimum Gasteiger partial charge on any atom is -0.316 e. The Balaban J connectivity index is 0.00000121. The first-order chi connectivity index (χ1) is 11.8. The van der Waals surface area contributed by atoms with Crippen molar-refractivity contribution in [2.75, 3.05) is 13.1 Å². The zero-order valence-corrected chi connectivity index (χ0v) is 16.0. The van der Waals surface area contributed by atoms with Crippen molar-refractivity contribution in [3.05, 3.63) is 66.4 Å². The van der Waals surface area contributed by atoms with Crippen LogP contribution in [0.4, 0.5) is 0 Å². The highest BCUT2D eigenvalue weighted by atomic mass is 35.5. The van der Waals surface area contributed by atoms with E-state index >= 15 is 0 Å². The molecular formula is C21H22Cl2N2O. The number of hydrogen-bond acceptors (Lipinski definition) is 3. The van der Waals surface area contributed by atoms with Gasteiger partial charge in [-0.3, -0.25) is 4.79 Å². The largest absolute Gasteiger partial charge is 0.316 e. The summed E-state index contributed by atoms with van der Waals surface area (Å²) in [4.78, 5) is 17.4. The molecule has 3 nitrogen and oxygen atoms in total. The molecule has 0 amide bonds. The highest BCUT2D eigenvalue weighted by Gasteiger charge is 2.20. The quantitative estimate of drug-likeness (QED) is 0.644. The van der Waals surface area contributed by atoms with E-state index in [1.54, 1.807) is 0 Å². The Labute approximate surface area is 166 Å². The molecule has 136 valence electrons. The summed E-state index contributed by atoms with van der Waals surface area (Å²) in [7, 11) is 0. The first-order valence-electron chi connectivity index (χ1n) is 8.50. The number of carbonyl (C=O) groups excluding carboxylic acids is 1. The highest BCUT2D eigenvalue weighted by Crippen LogP contribution is 2.29. The van der Waals surface area contributed by atoms with Crippen molar-refractivity contribution in [3.8, 4) is 11.1 Å². The van der Waals surface area contributed by atoms with E-state index < -0.39 is 0 Å². The fourth-order valence-electron chi connectivity index (χ4n) is 3.43. The summed E-state index contributed by atoms with van der Waals surface area (Å²) in [6.45, 7) is 1.95. The van der Waals surface area contributed by atoms with Crippen LogP contribution < -0.4 is 5.32 Å². The van der Waals surface area contributed by atoms with E-state index in [0.29, 0.717) is 18.0 Å². The lowest BCUT2D eigenvalue weighted by Crippen LogP contribution is -2.13. The number of aromatic nitrogens is 1. The maximum Gasteiger partial charge on any atom is 0.181 e. The monoisotopic (exact) mass is 388 g/mol. The van der Waals surface area contributed by atoms with Crippen molar-refractivity contribution in [2.45, 2.75) is 12.8 Å². The normalized spacial score (nSPS) is 15.9. The summed E-state index contributed by atoms with van der Waals surface area (Å²) < 4.78 is 0. The van der Waals surface area contributed by atoms with E-state index in [4.69, 9.17) is 0 Å². The Kier molecular flexibility index (Phi) is 7.15. The van der Waals surface area contributed by atoms with Crippen molar-refractivity contribution >= 4 is 41.5 Å². The number of nitrogens with one attached hydrogen (secondary N) is 1. The summed E-state index contributed by atoms with van der Waals surface area (Å²) in [5, 5.41) is 4.41. The van der Waals surface area contributed by atoms with Crippen LogP contribution in [0.15, 0.2) is 60.7 Å². The minimum atomic E-state index is 0.